The van der Waals surface area contributed by atoms with E-state index < -0.39 is 6.36 Å². The molecule has 1 fully saturated rings. The van der Waals surface area contributed by atoms with Gasteiger partial charge in [-0.3, -0.25) is 4.79 Å². The molecule has 148 valence electrons. The van der Waals surface area contributed by atoms with E-state index >= 15 is 0 Å². The molecule has 0 unspecified atom stereocenters. The number of hydrogen-bond donors (Lipinski definition) is 2. The van der Waals surface area contributed by atoms with Gasteiger partial charge in [0.1, 0.15) is 5.75 Å². The molecule has 0 aromatic heterocycles. The van der Waals surface area contributed by atoms with Crippen LogP contribution < -0.4 is 20.3 Å². The molecule has 2 N–H and O–H groups in total. The number of nitrogens with one attached hydrogen (secondary N) is 2. The van der Waals surface area contributed by atoms with Crippen LogP contribution in [0.2, 0.25) is 0 Å². The van der Waals surface area contributed by atoms with E-state index in [4.69, 9.17) is 12.2 Å². The lowest BCUT2D eigenvalue weighted by Gasteiger charge is -2.16. The van der Waals surface area contributed by atoms with Crippen LogP contribution in [0.4, 0.5) is 24.5 Å². The maximum atomic E-state index is 12.2. The van der Waals surface area contributed by atoms with E-state index in [-0.39, 0.29) is 11.7 Å². The van der Waals surface area contributed by atoms with Gasteiger partial charge in [0.05, 0.1) is 0 Å². The summed E-state index contributed by atoms with van der Waals surface area (Å²) in [4.78, 5) is 13.5. The molecule has 1 saturated heterocycles. The Bertz CT molecular complexity index is 839. The van der Waals surface area contributed by atoms with Crippen LogP contribution in [0.15, 0.2) is 48.5 Å². The van der Waals surface area contributed by atoms with E-state index in [1.165, 1.54) is 24.3 Å². The molecule has 0 aliphatic carbocycles. The average Bonchev–Trinajstić information content (AvgIpc) is 3.07. The second kappa shape index (κ2) is 8.47. The topological polar surface area (TPSA) is 53.6 Å². The molecule has 5 nitrogen and oxygen atoms in total. The summed E-state index contributed by atoms with van der Waals surface area (Å²) < 4.78 is 40.3. The van der Waals surface area contributed by atoms with Gasteiger partial charge in [0, 0.05) is 30.9 Å². The zero-order chi connectivity index (χ0) is 20.1. The molecule has 0 spiro atoms. The Morgan fingerprint density at radius 1 is 1.11 bits per heavy atom. The summed E-state index contributed by atoms with van der Waals surface area (Å²) in [6, 6.07) is 12.9. The van der Waals surface area contributed by atoms with Crippen molar-refractivity contribution in [1.29, 1.82) is 0 Å². The molecule has 1 amide bonds. The Hall–Kier alpha value is -2.81. The molecule has 2 aromatic rings. The molecule has 9 heteroatoms. The number of rotatable bonds is 5. The van der Waals surface area contributed by atoms with Crippen molar-refractivity contribution in [3.63, 3.8) is 0 Å². The second-order valence-electron chi connectivity index (χ2n) is 6.20. The van der Waals surface area contributed by atoms with Crippen molar-refractivity contribution in [3.05, 3.63) is 54.1 Å². The number of hydrogen-bond acceptors (Lipinski definition) is 3. The Morgan fingerprint density at radius 3 is 2.36 bits per heavy atom. The standard InChI is InChI=1S/C19H18F3N3O2S/c20-19(21,22)27-16-9-5-14(6-10-16)24-18(28)23-12-13-3-7-15(8-4-13)25-11-1-2-17(25)26/h3-10H,1-2,11-12H2,(H2,23,24,28). The first-order valence-electron chi connectivity index (χ1n) is 8.60. The summed E-state index contributed by atoms with van der Waals surface area (Å²) in [5, 5.41) is 6.26. The normalized spacial score (nSPS) is 14.1. The first-order valence-corrected chi connectivity index (χ1v) is 9.01. The maximum absolute atomic E-state index is 12.2. The molecule has 1 aliphatic heterocycles. The number of thiocarbonyl (C=S) groups is 1. The van der Waals surface area contributed by atoms with Crippen LogP contribution in [0.3, 0.4) is 0 Å². The predicted molar refractivity (Wildman–Crippen MR) is 104 cm³/mol. The molecule has 28 heavy (non-hydrogen) atoms. The number of amides is 1. The SMILES string of the molecule is O=C1CCCN1c1ccc(CNC(=S)Nc2ccc(OC(F)(F)F)cc2)cc1. The number of carbonyl (C=O) groups excluding carboxylic acids is 1. The first kappa shape index (κ1) is 19.9. The van der Waals surface area contributed by atoms with Crippen LogP contribution in [0.25, 0.3) is 0 Å². The fourth-order valence-electron chi connectivity index (χ4n) is 2.81. The van der Waals surface area contributed by atoms with Crippen LogP contribution in [0, 0.1) is 0 Å². The van der Waals surface area contributed by atoms with Gasteiger partial charge in [-0.2, -0.15) is 0 Å². The van der Waals surface area contributed by atoms with Crippen molar-refractivity contribution >= 4 is 34.6 Å². The highest BCUT2D eigenvalue weighted by Crippen LogP contribution is 2.24. The third-order valence-corrected chi connectivity index (χ3v) is 4.37. The zero-order valence-corrected chi connectivity index (χ0v) is 15.6. The van der Waals surface area contributed by atoms with Crippen molar-refractivity contribution in [3.8, 4) is 5.75 Å². The number of carbonyl (C=O) groups is 1. The van der Waals surface area contributed by atoms with Crippen LogP contribution >= 0.6 is 12.2 Å². The Labute approximate surface area is 165 Å². The molecule has 0 radical (unpaired) electrons. The molecular formula is C19H18F3N3O2S. The molecule has 3 rings (SSSR count). The monoisotopic (exact) mass is 409 g/mol. The largest absolute Gasteiger partial charge is 0.573 e. The summed E-state index contributed by atoms with van der Waals surface area (Å²) >= 11 is 5.20. The predicted octanol–water partition coefficient (Wildman–Crippen LogP) is 4.20. The minimum atomic E-state index is -4.72. The third-order valence-electron chi connectivity index (χ3n) is 4.12. The van der Waals surface area contributed by atoms with Gasteiger partial charge in [0.2, 0.25) is 5.91 Å². The number of ether oxygens (including phenoxy) is 1. The molecule has 0 bridgehead atoms. The number of alkyl halides is 3. The summed E-state index contributed by atoms with van der Waals surface area (Å²) in [5.74, 6) is -0.156. The zero-order valence-electron chi connectivity index (χ0n) is 14.8. The van der Waals surface area contributed by atoms with E-state index in [1.54, 1.807) is 4.90 Å². The Morgan fingerprint density at radius 2 is 1.79 bits per heavy atom. The third kappa shape index (κ3) is 5.59. The number of halogens is 3. The molecule has 0 saturated carbocycles. The number of benzene rings is 2. The minimum Gasteiger partial charge on any atom is -0.406 e. The fraction of sp³-hybridized carbons (Fsp3) is 0.263. The second-order valence-corrected chi connectivity index (χ2v) is 6.60. The van der Waals surface area contributed by atoms with Gasteiger partial charge in [-0.05, 0) is 60.6 Å². The van der Waals surface area contributed by atoms with Gasteiger partial charge in [0.15, 0.2) is 5.11 Å². The lowest BCUT2D eigenvalue weighted by Crippen LogP contribution is -2.28. The van der Waals surface area contributed by atoms with Crippen molar-refractivity contribution < 1.29 is 22.7 Å². The lowest BCUT2D eigenvalue weighted by molar-refractivity contribution is -0.274. The fourth-order valence-corrected chi connectivity index (χ4v) is 3.00. The Kier molecular flexibility index (Phi) is 6.03. The van der Waals surface area contributed by atoms with Gasteiger partial charge < -0.3 is 20.3 Å². The minimum absolute atomic E-state index is 0.142. The van der Waals surface area contributed by atoms with Crippen molar-refractivity contribution in [1.82, 2.24) is 5.32 Å². The van der Waals surface area contributed by atoms with Crippen molar-refractivity contribution in [2.24, 2.45) is 0 Å². The molecule has 0 atom stereocenters. The van der Waals surface area contributed by atoms with Crippen LogP contribution in [0.1, 0.15) is 18.4 Å². The highest BCUT2D eigenvalue weighted by atomic mass is 32.1. The van der Waals surface area contributed by atoms with Crippen LogP contribution in [-0.2, 0) is 11.3 Å². The lowest BCUT2D eigenvalue weighted by atomic mass is 10.2. The van der Waals surface area contributed by atoms with E-state index in [1.807, 2.05) is 24.3 Å². The molecule has 1 aliphatic rings. The van der Waals surface area contributed by atoms with Gasteiger partial charge in [-0.1, -0.05) is 12.1 Å². The maximum Gasteiger partial charge on any atom is 0.573 e. The highest BCUT2D eigenvalue weighted by molar-refractivity contribution is 7.80. The first-order chi connectivity index (χ1) is 13.3. The Balaban J connectivity index is 1.48. The van der Waals surface area contributed by atoms with Crippen LogP contribution in [-0.4, -0.2) is 23.9 Å². The van der Waals surface area contributed by atoms with Crippen molar-refractivity contribution in [2.45, 2.75) is 25.7 Å². The molecular weight excluding hydrogens is 391 g/mol. The smallest absolute Gasteiger partial charge is 0.406 e. The summed E-state index contributed by atoms with van der Waals surface area (Å²) in [7, 11) is 0. The summed E-state index contributed by atoms with van der Waals surface area (Å²) in [6.07, 6.45) is -3.25. The van der Waals surface area contributed by atoms with Crippen molar-refractivity contribution in [2.75, 3.05) is 16.8 Å². The average molecular weight is 409 g/mol. The highest BCUT2D eigenvalue weighted by Gasteiger charge is 2.30. The summed E-state index contributed by atoms with van der Waals surface area (Å²) in [6.45, 7) is 1.21. The van der Waals surface area contributed by atoms with Gasteiger partial charge >= 0.3 is 6.36 Å². The van der Waals surface area contributed by atoms with Gasteiger partial charge in [-0.15, -0.1) is 13.2 Å². The molecule has 1 heterocycles. The van der Waals surface area contributed by atoms with E-state index in [2.05, 4.69) is 15.4 Å². The number of nitrogens with zero attached hydrogens (tertiary/aromatic N) is 1. The van der Waals surface area contributed by atoms with E-state index in [0.29, 0.717) is 23.8 Å². The summed E-state index contributed by atoms with van der Waals surface area (Å²) in [5.41, 5.74) is 2.40. The van der Waals surface area contributed by atoms with Gasteiger partial charge in [0.25, 0.3) is 0 Å². The van der Waals surface area contributed by atoms with Crippen LogP contribution in [0.5, 0.6) is 5.75 Å². The van der Waals surface area contributed by atoms with E-state index in [0.717, 1.165) is 24.2 Å². The quantitative estimate of drug-likeness (QED) is 0.725. The number of anilines is 2. The van der Waals surface area contributed by atoms with E-state index in [9.17, 15) is 18.0 Å². The molecule has 2 aromatic carbocycles. The van der Waals surface area contributed by atoms with Gasteiger partial charge in [-0.25, -0.2) is 0 Å².